The lowest BCUT2D eigenvalue weighted by atomic mass is 10.1. The smallest absolute Gasteiger partial charge is 0.343 e. The topological polar surface area (TPSA) is 88.9 Å². The highest BCUT2D eigenvalue weighted by atomic mass is 16.6. The van der Waals surface area contributed by atoms with Gasteiger partial charge in [0.25, 0.3) is 5.91 Å². The fraction of sp³-hybridized carbons (Fsp3) is 0.312. The van der Waals surface area contributed by atoms with E-state index in [1.807, 2.05) is 6.07 Å². The lowest BCUT2D eigenvalue weighted by Crippen LogP contribution is -2.22. The largest absolute Gasteiger partial charge is 0.493 e. The Labute approximate surface area is 134 Å². The van der Waals surface area contributed by atoms with Crippen LogP contribution in [0.15, 0.2) is 23.8 Å². The molecule has 0 aromatic heterocycles. The van der Waals surface area contributed by atoms with Gasteiger partial charge in [0.2, 0.25) is 0 Å². The number of likely N-dealkylation sites (N-methyl/N-ethyl adjacent to an activating group) is 1. The summed E-state index contributed by atoms with van der Waals surface area (Å²) < 4.78 is 15.0. The predicted octanol–water partition coefficient (Wildman–Crippen LogP) is 1.24. The van der Waals surface area contributed by atoms with Crippen molar-refractivity contribution in [1.82, 2.24) is 4.90 Å². The van der Waals surface area contributed by atoms with E-state index in [1.165, 1.54) is 25.2 Å². The lowest BCUT2D eigenvalue weighted by Gasteiger charge is -2.11. The van der Waals surface area contributed by atoms with E-state index in [0.29, 0.717) is 17.1 Å². The minimum atomic E-state index is -0.514. The summed E-state index contributed by atoms with van der Waals surface area (Å²) in [4.78, 5) is 24.3. The zero-order chi connectivity index (χ0) is 17.4. The number of benzene rings is 1. The van der Waals surface area contributed by atoms with E-state index in [4.69, 9.17) is 14.7 Å². The van der Waals surface area contributed by atoms with Crippen LogP contribution in [-0.2, 0) is 14.3 Å². The van der Waals surface area contributed by atoms with Crippen molar-refractivity contribution in [1.29, 1.82) is 5.26 Å². The van der Waals surface area contributed by atoms with Crippen LogP contribution in [0.4, 0.5) is 0 Å². The van der Waals surface area contributed by atoms with Crippen LogP contribution in [-0.4, -0.2) is 51.7 Å². The second-order valence-corrected chi connectivity index (χ2v) is 4.64. The minimum Gasteiger partial charge on any atom is -0.493 e. The Bertz CT molecular complexity index is 659. The molecule has 0 N–H and O–H groups in total. The van der Waals surface area contributed by atoms with Crippen LogP contribution in [0.25, 0.3) is 6.08 Å². The number of methoxy groups -OCH3 is 2. The van der Waals surface area contributed by atoms with Crippen LogP contribution >= 0.6 is 0 Å². The molecule has 0 aliphatic carbocycles. The van der Waals surface area contributed by atoms with E-state index in [1.54, 1.807) is 32.3 Å². The highest BCUT2D eigenvalue weighted by molar-refractivity contribution is 6.01. The molecule has 23 heavy (non-hydrogen) atoms. The molecule has 7 nitrogen and oxygen atoms in total. The Balaban J connectivity index is 3.05. The molecular formula is C16H18N2O5. The van der Waals surface area contributed by atoms with Gasteiger partial charge in [-0.15, -0.1) is 0 Å². The van der Waals surface area contributed by atoms with E-state index in [2.05, 4.69) is 4.74 Å². The van der Waals surface area contributed by atoms with Gasteiger partial charge in [-0.25, -0.2) is 4.79 Å². The SMILES string of the molecule is COC(=O)COc1ccc(/C=C(/C#N)C(=O)N(C)C)cc1OC. The second kappa shape index (κ2) is 8.44. The Morgan fingerprint density at radius 2 is 1.96 bits per heavy atom. The molecule has 0 saturated heterocycles. The van der Waals surface area contributed by atoms with E-state index in [0.717, 1.165) is 0 Å². The number of rotatable bonds is 6. The first-order chi connectivity index (χ1) is 10.9. The molecule has 7 heteroatoms. The fourth-order valence-corrected chi connectivity index (χ4v) is 1.64. The summed E-state index contributed by atoms with van der Waals surface area (Å²) in [6, 6.07) is 6.71. The van der Waals surface area contributed by atoms with Gasteiger partial charge in [0.1, 0.15) is 11.6 Å². The van der Waals surface area contributed by atoms with E-state index in [-0.39, 0.29) is 12.2 Å². The maximum Gasteiger partial charge on any atom is 0.343 e. The number of hydrogen-bond acceptors (Lipinski definition) is 6. The van der Waals surface area contributed by atoms with Gasteiger partial charge >= 0.3 is 5.97 Å². The standard InChI is InChI=1S/C16H18N2O5/c1-18(2)16(20)12(9-17)7-11-5-6-13(14(8-11)21-3)23-10-15(19)22-4/h5-8H,10H2,1-4H3/b12-7-. The molecule has 1 amide bonds. The minimum absolute atomic E-state index is 0.000261. The first kappa shape index (κ1) is 18.0. The number of ether oxygens (including phenoxy) is 3. The van der Waals surface area contributed by atoms with Crippen LogP contribution in [0.1, 0.15) is 5.56 Å². The molecular weight excluding hydrogens is 300 g/mol. The second-order valence-electron chi connectivity index (χ2n) is 4.64. The Hall–Kier alpha value is -3.01. The van der Waals surface area contributed by atoms with Crippen LogP contribution in [0.5, 0.6) is 11.5 Å². The number of nitrogens with zero attached hydrogens (tertiary/aromatic N) is 2. The molecule has 0 bridgehead atoms. The van der Waals surface area contributed by atoms with Crippen LogP contribution in [0, 0.1) is 11.3 Å². The molecule has 122 valence electrons. The Morgan fingerprint density at radius 1 is 1.26 bits per heavy atom. The summed E-state index contributed by atoms with van der Waals surface area (Å²) in [6.07, 6.45) is 1.45. The van der Waals surface area contributed by atoms with Gasteiger partial charge in [-0.1, -0.05) is 6.07 Å². The lowest BCUT2D eigenvalue weighted by molar-refractivity contribution is -0.142. The van der Waals surface area contributed by atoms with Crippen molar-refractivity contribution >= 4 is 18.0 Å². The molecule has 1 rings (SSSR count). The van der Waals surface area contributed by atoms with Crippen molar-refractivity contribution in [2.24, 2.45) is 0 Å². The summed E-state index contributed by atoms with van der Waals surface area (Å²) in [5.74, 6) is -0.179. The Morgan fingerprint density at radius 3 is 2.48 bits per heavy atom. The molecule has 0 spiro atoms. The summed E-state index contributed by atoms with van der Waals surface area (Å²) in [5.41, 5.74) is 0.597. The van der Waals surface area contributed by atoms with Gasteiger partial charge in [0.15, 0.2) is 18.1 Å². The fourth-order valence-electron chi connectivity index (χ4n) is 1.64. The zero-order valence-electron chi connectivity index (χ0n) is 13.5. The zero-order valence-corrected chi connectivity index (χ0v) is 13.5. The number of amides is 1. The molecule has 0 radical (unpaired) electrons. The van der Waals surface area contributed by atoms with Crippen molar-refractivity contribution in [2.75, 3.05) is 34.9 Å². The van der Waals surface area contributed by atoms with Crippen molar-refractivity contribution in [3.8, 4) is 17.6 Å². The molecule has 0 saturated carbocycles. The average molecular weight is 318 g/mol. The molecule has 0 atom stereocenters. The van der Waals surface area contributed by atoms with Crippen molar-refractivity contribution in [3.05, 3.63) is 29.3 Å². The highest BCUT2D eigenvalue weighted by Crippen LogP contribution is 2.29. The first-order valence-corrected chi connectivity index (χ1v) is 6.64. The van der Waals surface area contributed by atoms with Crippen molar-refractivity contribution in [2.45, 2.75) is 0 Å². The van der Waals surface area contributed by atoms with E-state index in [9.17, 15) is 9.59 Å². The normalized spacial score (nSPS) is 10.5. The van der Waals surface area contributed by atoms with Crippen LogP contribution in [0.2, 0.25) is 0 Å². The average Bonchev–Trinajstić information content (AvgIpc) is 2.56. The summed E-state index contributed by atoms with van der Waals surface area (Å²) in [6.45, 7) is -0.245. The summed E-state index contributed by atoms with van der Waals surface area (Å²) in [7, 11) is 5.85. The summed E-state index contributed by atoms with van der Waals surface area (Å²) >= 11 is 0. The quantitative estimate of drug-likeness (QED) is 0.445. The van der Waals surface area contributed by atoms with Crippen molar-refractivity contribution < 1.29 is 23.8 Å². The van der Waals surface area contributed by atoms with E-state index >= 15 is 0 Å². The molecule has 0 aliphatic rings. The monoisotopic (exact) mass is 318 g/mol. The molecule has 1 aromatic carbocycles. The third-order valence-electron chi connectivity index (χ3n) is 2.83. The number of nitriles is 1. The summed E-state index contributed by atoms with van der Waals surface area (Å²) in [5, 5.41) is 9.09. The van der Waals surface area contributed by atoms with Gasteiger partial charge in [-0.3, -0.25) is 4.79 Å². The van der Waals surface area contributed by atoms with Gasteiger partial charge in [-0.05, 0) is 23.8 Å². The van der Waals surface area contributed by atoms with Gasteiger partial charge in [0, 0.05) is 14.1 Å². The van der Waals surface area contributed by atoms with Gasteiger partial charge < -0.3 is 19.1 Å². The predicted molar refractivity (Wildman–Crippen MR) is 82.8 cm³/mol. The molecule has 0 heterocycles. The number of esters is 1. The molecule has 0 aliphatic heterocycles. The third kappa shape index (κ3) is 5.04. The molecule has 1 aromatic rings. The van der Waals surface area contributed by atoms with Gasteiger partial charge in [-0.2, -0.15) is 5.26 Å². The maximum absolute atomic E-state index is 11.8. The number of hydrogen-bond donors (Lipinski definition) is 0. The van der Waals surface area contributed by atoms with Crippen LogP contribution in [0.3, 0.4) is 0 Å². The molecule has 0 unspecified atom stereocenters. The highest BCUT2D eigenvalue weighted by Gasteiger charge is 2.12. The Kier molecular flexibility index (Phi) is 6.62. The number of carbonyl (C=O) groups excluding carboxylic acids is 2. The third-order valence-corrected chi connectivity index (χ3v) is 2.83. The number of carbonyl (C=O) groups is 2. The van der Waals surface area contributed by atoms with Crippen molar-refractivity contribution in [3.63, 3.8) is 0 Å². The first-order valence-electron chi connectivity index (χ1n) is 6.64. The van der Waals surface area contributed by atoms with Crippen LogP contribution < -0.4 is 9.47 Å². The molecule has 0 fully saturated rings. The van der Waals surface area contributed by atoms with Gasteiger partial charge in [0.05, 0.1) is 14.2 Å². The van der Waals surface area contributed by atoms with E-state index < -0.39 is 11.9 Å². The maximum atomic E-state index is 11.8.